The molecule has 0 spiro atoms. The van der Waals surface area contributed by atoms with Crippen LogP contribution in [0, 0.1) is 11.8 Å². The maximum Gasteiger partial charge on any atom is 0.321 e. The third-order valence-corrected chi connectivity index (χ3v) is 6.37. The molecule has 1 saturated heterocycles. The van der Waals surface area contributed by atoms with Crippen LogP contribution < -0.4 is 15.0 Å². The molecule has 1 aromatic carbocycles. The van der Waals surface area contributed by atoms with Crippen molar-refractivity contribution in [1.82, 2.24) is 19.7 Å². The van der Waals surface area contributed by atoms with Crippen LogP contribution >= 0.6 is 23.2 Å². The van der Waals surface area contributed by atoms with E-state index >= 15 is 0 Å². The molecule has 2 fully saturated rings. The summed E-state index contributed by atoms with van der Waals surface area (Å²) in [5, 5.41) is 9.23. The molecule has 1 aliphatic heterocycles. The molecule has 30 heavy (non-hydrogen) atoms. The first kappa shape index (κ1) is 19.5. The first-order chi connectivity index (χ1) is 14.5. The monoisotopic (exact) mass is 444 g/mol. The van der Waals surface area contributed by atoms with E-state index in [2.05, 4.69) is 25.3 Å². The van der Waals surface area contributed by atoms with Crippen LogP contribution in [-0.2, 0) is 7.05 Å². The van der Waals surface area contributed by atoms with E-state index in [1.54, 1.807) is 23.0 Å². The van der Waals surface area contributed by atoms with Crippen molar-refractivity contribution in [3.05, 3.63) is 52.8 Å². The number of pyridine rings is 1. The molecule has 0 radical (unpaired) electrons. The van der Waals surface area contributed by atoms with Gasteiger partial charge in [-0.3, -0.25) is 0 Å². The summed E-state index contributed by atoms with van der Waals surface area (Å²) < 4.78 is 7.49. The van der Waals surface area contributed by atoms with Crippen molar-refractivity contribution >= 4 is 34.8 Å². The topological polar surface area (TPSA) is 68.1 Å². The average molecular weight is 445 g/mol. The van der Waals surface area contributed by atoms with Crippen molar-refractivity contribution < 1.29 is 4.74 Å². The van der Waals surface area contributed by atoms with Crippen molar-refractivity contribution in [1.29, 1.82) is 0 Å². The lowest BCUT2D eigenvalue weighted by Crippen LogP contribution is -2.48. The number of nitrogens with one attached hydrogen (secondary N) is 1. The maximum atomic E-state index is 6.08. The van der Waals surface area contributed by atoms with Gasteiger partial charge in [0, 0.05) is 43.1 Å². The van der Waals surface area contributed by atoms with Gasteiger partial charge in [-0.25, -0.2) is 9.67 Å². The van der Waals surface area contributed by atoms with E-state index in [0.717, 1.165) is 18.8 Å². The smallest absolute Gasteiger partial charge is 0.321 e. The quantitative estimate of drug-likeness (QED) is 0.578. The van der Waals surface area contributed by atoms with Crippen LogP contribution in [-0.4, -0.2) is 38.9 Å². The predicted molar refractivity (Wildman–Crippen MR) is 118 cm³/mol. The summed E-state index contributed by atoms with van der Waals surface area (Å²) in [6.45, 7) is 1.96. The van der Waals surface area contributed by atoms with Crippen molar-refractivity contribution in [2.24, 2.45) is 18.9 Å². The molecular weight excluding hydrogens is 423 g/mol. The van der Waals surface area contributed by atoms with E-state index in [9.17, 15) is 0 Å². The van der Waals surface area contributed by atoms with Crippen LogP contribution in [0.25, 0.3) is 0 Å². The summed E-state index contributed by atoms with van der Waals surface area (Å²) in [5.41, 5.74) is 1.14. The number of ether oxygens (including phenoxy) is 1. The Morgan fingerprint density at radius 3 is 2.63 bits per heavy atom. The van der Waals surface area contributed by atoms with Gasteiger partial charge in [-0.1, -0.05) is 29.3 Å². The number of nitrogens with zero attached hydrogens (tertiary/aromatic N) is 5. The summed E-state index contributed by atoms with van der Waals surface area (Å²) in [6, 6.07) is 12.0. The van der Waals surface area contributed by atoms with Gasteiger partial charge in [0.2, 0.25) is 5.95 Å². The molecule has 3 aromatic rings. The molecule has 2 bridgehead atoms. The van der Waals surface area contributed by atoms with Gasteiger partial charge < -0.3 is 15.0 Å². The molecule has 7 nitrogen and oxygen atoms in total. The molecule has 1 saturated carbocycles. The Hall–Kier alpha value is -2.51. The molecule has 2 aromatic heterocycles. The number of aryl methyl sites for hydroxylation is 1. The highest BCUT2D eigenvalue weighted by molar-refractivity contribution is 6.30. The second-order valence-corrected chi connectivity index (χ2v) is 8.73. The number of benzene rings is 1. The summed E-state index contributed by atoms with van der Waals surface area (Å²) >= 11 is 12.1. The van der Waals surface area contributed by atoms with Crippen molar-refractivity contribution in [2.75, 3.05) is 23.3 Å². The number of piperidine rings is 1. The number of anilines is 2. The second kappa shape index (κ2) is 7.96. The van der Waals surface area contributed by atoms with Gasteiger partial charge in [0.15, 0.2) is 0 Å². The molecule has 156 valence electrons. The minimum atomic E-state index is 0.347. The van der Waals surface area contributed by atoms with Crippen LogP contribution in [0.2, 0.25) is 10.2 Å². The number of rotatable bonds is 5. The lowest BCUT2D eigenvalue weighted by Gasteiger charge is -2.39. The fraction of sp³-hybridized carbons (Fsp3) is 0.381. The molecule has 0 unspecified atom stereocenters. The Morgan fingerprint density at radius 2 is 1.90 bits per heavy atom. The van der Waals surface area contributed by atoms with Gasteiger partial charge in [-0.05, 0) is 55.0 Å². The van der Waals surface area contributed by atoms with Crippen LogP contribution in [0.1, 0.15) is 12.8 Å². The molecule has 3 atom stereocenters. The molecule has 2 aliphatic rings. The molecular formula is C21H22Cl2N6O. The summed E-state index contributed by atoms with van der Waals surface area (Å²) in [5.74, 6) is 2.28. The summed E-state index contributed by atoms with van der Waals surface area (Å²) in [7, 11) is 1.82. The lowest BCUT2D eigenvalue weighted by atomic mass is 9.92. The SMILES string of the molecule is Cn1nc(N[C@H]2[C@@H]3CC[C@H]2CN(c2ccnc(Cl)c2)C3)nc1Oc1cccc(Cl)c1. The Kier molecular flexibility index (Phi) is 5.16. The predicted octanol–water partition coefficient (Wildman–Crippen LogP) is 4.64. The number of fused-ring (bicyclic) bond motifs is 2. The van der Waals surface area contributed by atoms with Crippen molar-refractivity contribution in [3.8, 4) is 11.8 Å². The number of halogens is 2. The van der Waals surface area contributed by atoms with E-state index < -0.39 is 0 Å². The first-order valence-corrected chi connectivity index (χ1v) is 10.8. The maximum absolute atomic E-state index is 6.08. The Bertz CT molecular complexity index is 1040. The third kappa shape index (κ3) is 3.91. The standard InChI is InChI=1S/C21H22Cl2N6O/c1-28-21(30-17-4-2-3-15(22)9-17)26-20(27-28)25-19-13-5-6-14(19)12-29(11-13)16-7-8-24-18(23)10-16/h2-4,7-10,13-14,19H,5-6,11-12H2,1H3,(H,25,27)/t13-,14+,19+. The highest BCUT2D eigenvalue weighted by Gasteiger charge is 2.42. The van der Waals surface area contributed by atoms with E-state index in [1.165, 1.54) is 12.8 Å². The van der Waals surface area contributed by atoms with E-state index in [0.29, 0.717) is 45.8 Å². The minimum absolute atomic E-state index is 0.347. The molecule has 1 N–H and O–H groups in total. The van der Waals surface area contributed by atoms with E-state index in [-0.39, 0.29) is 0 Å². The van der Waals surface area contributed by atoms with E-state index in [4.69, 9.17) is 27.9 Å². The van der Waals surface area contributed by atoms with Gasteiger partial charge >= 0.3 is 6.01 Å². The molecule has 0 amide bonds. The zero-order valence-corrected chi connectivity index (χ0v) is 18.0. The molecule has 1 aliphatic carbocycles. The average Bonchev–Trinajstić information content (AvgIpc) is 3.16. The fourth-order valence-corrected chi connectivity index (χ4v) is 4.91. The highest BCUT2D eigenvalue weighted by atomic mass is 35.5. The normalized spacial score (nSPS) is 22.9. The molecule has 5 rings (SSSR count). The van der Waals surface area contributed by atoms with Crippen LogP contribution in [0.5, 0.6) is 11.8 Å². The van der Waals surface area contributed by atoms with Crippen molar-refractivity contribution in [2.45, 2.75) is 18.9 Å². The Labute approximate surface area is 185 Å². The Morgan fingerprint density at radius 1 is 1.10 bits per heavy atom. The fourth-order valence-electron chi connectivity index (χ4n) is 4.56. The second-order valence-electron chi connectivity index (χ2n) is 7.91. The van der Waals surface area contributed by atoms with Gasteiger partial charge in [0.25, 0.3) is 0 Å². The zero-order chi connectivity index (χ0) is 20.7. The largest absolute Gasteiger partial charge is 0.424 e. The van der Waals surface area contributed by atoms with Gasteiger partial charge in [0.05, 0.1) is 0 Å². The lowest BCUT2D eigenvalue weighted by molar-refractivity contribution is 0.376. The highest BCUT2D eigenvalue weighted by Crippen LogP contribution is 2.40. The number of hydrogen-bond donors (Lipinski definition) is 1. The first-order valence-electron chi connectivity index (χ1n) is 10.0. The van der Waals surface area contributed by atoms with Gasteiger partial charge in [0.1, 0.15) is 10.9 Å². The van der Waals surface area contributed by atoms with Gasteiger partial charge in [-0.2, -0.15) is 4.98 Å². The van der Waals surface area contributed by atoms with E-state index in [1.807, 2.05) is 31.3 Å². The Balaban J connectivity index is 1.28. The summed E-state index contributed by atoms with van der Waals surface area (Å²) in [4.78, 5) is 11.1. The van der Waals surface area contributed by atoms with Crippen LogP contribution in [0.4, 0.5) is 11.6 Å². The van der Waals surface area contributed by atoms with Crippen LogP contribution in [0.3, 0.4) is 0 Å². The summed E-state index contributed by atoms with van der Waals surface area (Å²) in [6.07, 6.45) is 4.15. The van der Waals surface area contributed by atoms with Crippen LogP contribution in [0.15, 0.2) is 42.6 Å². The van der Waals surface area contributed by atoms with Crippen molar-refractivity contribution in [3.63, 3.8) is 0 Å². The van der Waals surface area contributed by atoms with Gasteiger partial charge in [-0.15, -0.1) is 5.10 Å². The molecule has 3 heterocycles. The zero-order valence-electron chi connectivity index (χ0n) is 16.5. The molecule has 9 heteroatoms. The third-order valence-electron chi connectivity index (χ3n) is 5.93. The minimum Gasteiger partial charge on any atom is -0.424 e. The number of aromatic nitrogens is 4. The number of hydrogen-bond acceptors (Lipinski definition) is 6.